The van der Waals surface area contributed by atoms with Crippen LogP contribution in [0, 0.1) is 0 Å². The lowest BCUT2D eigenvalue weighted by Gasteiger charge is -2.22. The lowest BCUT2D eigenvalue weighted by atomic mass is 9.90. The third-order valence-electron chi connectivity index (χ3n) is 4.31. The number of nitrogens with one attached hydrogen (secondary N) is 1. The van der Waals surface area contributed by atoms with Crippen LogP contribution in [0.25, 0.3) is 20.8 Å². The Labute approximate surface area is 139 Å². The van der Waals surface area contributed by atoms with E-state index in [0.717, 1.165) is 35.6 Å². The maximum atomic E-state index is 11.7. The molecule has 0 fully saturated rings. The monoisotopic (exact) mass is 322 g/mol. The molecule has 2 aromatic carbocycles. The predicted molar refractivity (Wildman–Crippen MR) is 94.9 cm³/mol. The molecular formula is C19H18N2OS. The quantitative estimate of drug-likeness (QED) is 0.799. The Kier molecular flexibility index (Phi) is 3.71. The Balaban J connectivity index is 1.95. The zero-order valence-corrected chi connectivity index (χ0v) is 13.9. The summed E-state index contributed by atoms with van der Waals surface area (Å²) in [6.45, 7) is 3.53. The van der Waals surface area contributed by atoms with Gasteiger partial charge in [-0.1, -0.05) is 24.3 Å². The second kappa shape index (κ2) is 5.87. The van der Waals surface area contributed by atoms with Gasteiger partial charge in [-0.25, -0.2) is 4.98 Å². The van der Waals surface area contributed by atoms with Crippen molar-refractivity contribution in [2.45, 2.75) is 26.3 Å². The summed E-state index contributed by atoms with van der Waals surface area (Å²) in [6.07, 6.45) is 1.47. The minimum absolute atomic E-state index is 0.196. The van der Waals surface area contributed by atoms with Gasteiger partial charge in [0.05, 0.1) is 10.2 Å². The lowest BCUT2D eigenvalue weighted by Crippen LogP contribution is -2.24. The number of hydrogen-bond acceptors (Lipinski definition) is 4. The fraction of sp³-hybridized carbons (Fsp3) is 0.263. The summed E-state index contributed by atoms with van der Waals surface area (Å²) in [7, 11) is 0. The molecule has 0 radical (unpaired) electrons. The first kappa shape index (κ1) is 14.5. The Morgan fingerprint density at radius 1 is 1.26 bits per heavy atom. The van der Waals surface area contributed by atoms with Gasteiger partial charge in [0.25, 0.3) is 0 Å². The summed E-state index contributed by atoms with van der Waals surface area (Å²) < 4.78 is 1.20. The zero-order valence-electron chi connectivity index (χ0n) is 13.1. The van der Waals surface area contributed by atoms with E-state index in [1.165, 1.54) is 21.4 Å². The molecule has 4 heteroatoms. The van der Waals surface area contributed by atoms with Gasteiger partial charge in [-0.2, -0.15) is 0 Å². The highest BCUT2D eigenvalue weighted by atomic mass is 32.1. The van der Waals surface area contributed by atoms with Crippen molar-refractivity contribution in [2.75, 3.05) is 6.54 Å². The van der Waals surface area contributed by atoms with Gasteiger partial charge in [-0.15, -0.1) is 11.3 Å². The Hall–Kier alpha value is -2.04. The van der Waals surface area contributed by atoms with Gasteiger partial charge < -0.3 is 5.32 Å². The lowest BCUT2D eigenvalue weighted by molar-refractivity contribution is -0.116. The molecule has 0 unspecified atom stereocenters. The van der Waals surface area contributed by atoms with Crippen LogP contribution in [0.1, 0.15) is 23.6 Å². The van der Waals surface area contributed by atoms with Crippen LogP contribution in [0.4, 0.5) is 0 Å². The van der Waals surface area contributed by atoms with Crippen molar-refractivity contribution in [1.82, 2.24) is 10.3 Å². The van der Waals surface area contributed by atoms with E-state index in [2.05, 4.69) is 29.6 Å². The average Bonchev–Trinajstić information content (AvgIpc) is 2.97. The van der Waals surface area contributed by atoms with Gasteiger partial charge >= 0.3 is 0 Å². The molecule has 1 aliphatic rings. The number of nitrogens with zero attached hydrogens (tertiary/aromatic N) is 1. The SMILES string of the molecule is CC(=O)Cc1ccc2c(c1-c1nc3ccccc3s1)CCNC2. The molecule has 2 heterocycles. The van der Waals surface area contributed by atoms with E-state index >= 15 is 0 Å². The number of carbonyl (C=O) groups excluding carboxylic acids is 1. The van der Waals surface area contributed by atoms with Gasteiger partial charge in [0.1, 0.15) is 10.8 Å². The van der Waals surface area contributed by atoms with Crippen LogP contribution in [0.2, 0.25) is 0 Å². The number of fused-ring (bicyclic) bond motifs is 2. The highest BCUT2D eigenvalue weighted by Gasteiger charge is 2.20. The minimum Gasteiger partial charge on any atom is -0.312 e. The molecule has 0 saturated heterocycles. The summed E-state index contributed by atoms with van der Waals surface area (Å²) in [4.78, 5) is 16.6. The first-order chi connectivity index (χ1) is 11.2. The third kappa shape index (κ3) is 2.69. The number of para-hydroxylation sites is 1. The highest BCUT2D eigenvalue weighted by Crippen LogP contribution is 2.37. The maximum absolute atomic E-state index is 11.7. The van der Waals surface area contributed by atoms with Crippen molar-refractivity contribution in [3.63, 3.8) is 0 Å². The molecule has 3 nitrogen and oxygen atoms in total. The van der Waals surface area contributed by atoms with Crippen molar-refractivity contribution in [2.24, 2.45) is 0 Å². The number of ketones is 1. The standard InChI is InChI=1S/C19H18N2OS/c1-12(22)10-13-6-7-14-11-20-9-8-15(14)18(13)19-21-16-4-2-3-5-17(16)23-19/h2-7,20H,8-11H2,1H3. The van der Waals surface area contributed by atoms with Crippen molar-refractivity contribution >= 4 is 27.3 Å². The fourth-order valence-electron chi connectivity index (χ4n) is 3.29. The van der Waals surface area contributed by atoms with Crippen LogP contribution in [-0.4, -0.2) is 17.3 Å². The summed E-state index contributed by atoms with van der Waals surface area (Å²) in [6, 6.07) is 12.5. The van der Waals surface area contributed by atoms with Gasteiger partial charge in [0.2, 0.25) is 0 Å². The van der Waals surface area contributed by atoms with Gasteiger partial charge in [-0.05, 0) is 48.7 Å². The van der Waals surface area contributed by atoms with Crippen LogP contribution in [0.5, 0.6) is 0 Å². The van der Waals surface area contributed by atoms with Crippen molar-refractivity contribution < 1.29 is 4.79 Å². The minimum atomic E-state index is 0.196. The summed E-state index contributed by atoms with van der Waals surface area (Å²) in [5.41, 5.74) is 6.03. The highest BCUT2D eigenvalue weighted by molar-refractivity contribution is 7.21. The number of carbonyl (C=O) groups is 1. The molecule has 0 bridgehead atoms. The molecule has 23 heavy (non-hydrogen) atoms. The van der Waals surface area contributed by atoms with E-state index in [-0.39, 0.29) is 5.78 Å². The number of Topliss-reactive ketones (excluding diaryl/α,β-unsaturated/α-hetero) is 1. The average molecular weight is 322 g/mol. The van der Waals surface area contributed by atoms with Gasteiger partial charge in [-0.3, -0.25) is 4.79 Å². The number of hydrogen-bond donors (Lipinski definition) is 1. The smallest absolute Gasteiger partial charge is 0.134 e. The molecular weight excluding hydrogens is 304 g/mol. The van der Waals surface area contributed by atoms with Crippen molar-refractivity contribution in [3.8, 4) is 10.6 Å². The summed E-state index contributed by atoms with van der Waals surface area (Å²) in [5.74, 6) is 0.196. The van der Waals surface area contributed by atoms with E-state index in [1.807, 2.05) is 12.1 Å². The van der Waals surface area contributed by atoms with Crippen LogP contribution in [0.3, 0.4) is 0 Å². The number of thiazole rings is 1. The topological polar surface area (TPSA) is 42.0 Å². The van der Waals surface area contributed by atoms with Crippen LogP contribution in [0.15, 0.2) is 36.4 Å². The molecule has 1 aromatic heterocycles. The third-order valence-corrected chi connectivity index (χ3v) is 5.36. The predicted octanol–water partition coefficient (Wildman–Crippen LogP) is 3.74. The maximum Gasteiger partial charge on any atom is 0.134 e. The fourth-order valence-corrected chi connectivity index (χ4v) is 4.36. The van der Waals surface area contributed by atoms with Crippen LogP contribution < -0.4 is 5.32 Å². The Morgan fingerprint density at radius 2 is 2.13 bits per heavy atom. The molecule has 1 aliphatic heterocycles. The van der Waals surface area contributed by atoms with E-state index in [4.69, 9.17) is 4.98 Å². The summed E-state index contributed by atoms with van der Waals surface area (Å²) >= 11 is 1.72. The van der Waals surface area contributed by atoms with E-state index in [1.54, 1.807) is 18.3 Å². The van der Waals surface area contributed by atoms with E-state index < -0.39 is 0 Å². The first-order valence-corrected chi connectivity index (χ1v) is 8.74. The molecule has 3 aromatic rings. The van der Waals surface area contributed by atoms with Crippen LogP contribution >= 0.6 is 11.3 Å². The second-order valence-electron chi connectivity index (χ2n) is 6.03. The first-order valence-electron chi connectivity index (χ1n) is 7.92. The Morgan fingerprint density at radius 3 is 2.96 bits per heavy atom. The van der Waals surface area contributed by atoms with Crippen LogP contribution in [-0.2, 0) is 24.2 Å². The molecule has 1 N–H and O–H groups in total. The molecule has 0 saturated carbocycles. The largest absolute Gasteiger partial charge is 0.312 e. The van der Waals surface area contributed by atoms with Crippen molar-refractivity contribution in [3.05, 3.63) is 53.1 Å². The zero-order chi connectivity index (χ0) is 15.8. The van der Waals surface area contributed by atoms with Crippen molar-refractivity contribution in [1.29, 1.82) is 0 Å². The molecule has 4 rings (SSSR count). The molecule has 0 atom stereocenters. The molecule has 0 amide bonds. The number of aromatic nitrogens is 1. The molecule has 116 valence electrons. The van der Waals surface area contributed by atoms with E-state index in [0.29, 0.717) is 6.42 Å². The molecule has 0 spiro atoms. The Bertz CT molecular complexity index is 865. The molecule has 0 aliphatic carbocycles. The van der Waals surface area contributed by atoms with E-state index in [9.17, 15) is 4.79 Å². The number of benzene rings is 2. The second-order valence-corrected chi connectivity index (χ2v) is 7.06. The van der Waals surface area contributed by atoms with Gasteiger partial charge in [0.15, 0.2) is 0 Å². The van der Waals surface area contributed by atoms with Gasteiger partial charge in [0, 0.05) is 18.5 Å². The number of rotatable bonds is 3. The normalized spacial score (nSPS) is 14.0. The summed E-state index contributed by atoms with van der Waals surface area (Å²) in [5, 5.41) is 4.47.